The average molecular weight is 441 g/mol. The zero-order valence-corrected chi connectivity index (χ0v) is 17.3. The summed E-state index contributed by atoms with van der Waals surface area (Å²) in [6.07, 6.45) is 3.67. The van der Waals surface area contributed by atoms with E-state index in [9.17, 15) is 9.18 Å². The smallest absolute Gasteiger partial charge is 0.243 e. The highest BCUT2D eigenvalue weighted by Crippen LogP contribution is 2.25. The molecule has 3 heterocycles. The number of pyridine rings is 1. The van der Waals surface area contributed by atoms with Crippen molar-refractivity contribution >= 4 is 33.7 Å². The van der Waals surface area contributed by atoms with E-state index in [0.717, 1.165) is 16.8 Å². The van der Waals surface area contributed by atoms with Gasteiger partial charge in [0.05, 0.1) is 17.2 Å². The fourth-order valence-electron chi connectivity index (χ4n) is 2.79. The van der Waals surface area contributed by atoms with E-state index in [1.165, 1.54) is 34.8 Å². The summed E-state index contributed by atoms with van der Waals surface area (Å²) in [4.78, 5) is 21.2. The molecule has 0 spiro atoms. The number of benzene rings is 1. The zero-order chi connectivity index (χ0) is 20.8. The maximum Gasteiger partial charge on any atom is 0.243 e. The minimum atomic E-state index is -0.596. The standard InChI is InChI=1S/C20H17FN6OS2/c21-15-3-1-2-13(8-15)9-17(23-10-16-11-29-12-24-16)18(28)25-20-27-26-19(30-20)14-4-6-22-7-5-14/h1-8,11-12,17,23H,9-10H2,(H,25,27,28)/t17-/m0/s1. The second-order valence-electron chi connectivity index (χ2n) is 6.38. The number of aromatic nitrogens is 4. The van der Waals surface area contributed by atoms with Gasteiger partial charge in [-0.25, -0.2) is 9.37 Å². The highest BCUT2D eigenvalue weighted by Gasteiger charge is 2.21. The fourth-order valence-corrected chi connectivity index (χ4v) is 4.10. The maximum absolute atomic E-state index is 13.6. The van der Waals surface area contributed by atoms with Crippen molar-refractivity contribution in [1.29, 1.82) is 0 Å². The van der Waals surface area contributed by atoms with Gasteiger partial charge in [-0.15, -0.1) is 21.5 Å². The summed E-state index contributed by atoms with van der Waals surface area (Å²) in [7, 11) is 0. The van der Waals surface area contributed by atoms with E-state index in [4.69, 9.17) is 0 Å². The lowest BCUT2D eigenvalue weighted by Crippen LogP contribution is -2.42. The van der Waals surface area contributed by atoms with Crippen LogP contribution in [0.3, 0.4) is 0 Å². The van der Waals surface area contributed by atoms with Crippen LogP contribution in [-0.4, -0.2) is 32.1 Å². The Morgan fingerprint density at radius 1 is 1.17 bits per heavy atom. The molecule has 3 aromatic heterocycles. The number of amides is 1. The fraction of sp³-hybridized carbons (Fsp3) is 0.150. The molecule has 0 saturated heterocycles. The molecule has 152 valence electrons. The summed E-state index contributed by atoms with van der Waals surface area (Å²) >= 11 is 2.76. The van der Waals surface area contributed by atoms with Gasteiger partial charge in [-0.05, 0) is 36.2 Å². The third-order valence-corrected chi connectivity index (χ3v) is 5.76. The predicted molar refractivity (Wildman–Crippen MR) is 115 cm³/mol. The van der Waals surface area contributed by atoms with E-state index in [1.807, 2.05) is 17.5 Å². The number of carbonyl (C=O) groups is 1. The van der Waals surface area contributed by atoms with Crippen molar-refractivity contribution in [3.8, 4) is 10.6 Å². The quantitative estimate of drug-likeness (QED) is 0.435. The lowest BCUT2D eigenvalue weighted by Gasteiger charge is -2.17. The van der Waals surface area contributed by atoms with Gasteiger partial charge < -0.3 is 0 Å². The second-order valence-corrected chi connectivity index (χ2v) is 8.08. The van der Waals surface area contributed by atoms with E-state index in [0.29, 0.717) is 23.1 Å². The highest BCUT2D eigenvalue weighted by atomic mass is 32.1. The number of anilines is 1. The Hall–Kier alpha value is -3.08. The van der Waals surface area contributed by atoms with E-state index in [1.54, 1.807) is 30.0 Å². The molecule has 1 atom stereocenters. The van der Waals surface area contributed by atoms with E-state index in [-0.39, 0.29) is 11.7 Å². The van der Waals surface area contributed by atoms with E-state index >= 15 is 0 Å². The van der Waals surface area contributed by atoms with Gasteiger partial charge in [0.1, 0.15) is 10.8 Å². The topological polar surface area (TPSA) is 92.7 Å². The molecule has 7 nitrogen and oxygen atoms in total. The first-order chi connectivity index (χ1) is 14.7. The third kappa shape index (κ3) is 5.29. The molecule has 0 aliphatic heterocycles. The van der Waals surface area contributed by atoms with E-state index < -0.39 is 6.04 Å². The van der Waals surface area contributed by atoms with Crippen molar-refractivity contribution < 1.29 is 9.18 Å². The number of hydrogen-bond acceptors (Lipinski definition) is 8. The molecule has 1 aromatic carbocycles. The normalized spacial score (nSPS) is 11.9. The first-order valence-electron chi connectivity index (χ1n) is 9.07. The van der Waals surface area contributed by atoms with Crippen molar-refractivity contribution in [3.05, 3.63) is 76.8 Å². The number of hydrogen-bond donors (Lipinski definition) is 2. The molecule has 4 aromatic rings. The molecule has 1 amide bonds. The maximum atomic E-state index is 13.6. The molecule has 0 bridgehead atoms. The Morgan fingerprint density at radius 3 is 2.80 bits per heavy atom. The van der Waals surface area contributed by atoms with Crippen LogP contribution in [0.5, 0.6) is 0 Å². The van der Waals surface area contributed by atoms with Crippen molar-refractivity contribution in [2.24, 2.45) is 0 Å². The van der Waals surface area contributed by atoms with Gasteiger partial charge in [0.15, 0.2) is 0 Å². The lowest BCUT2D eigenvalue weighted by atomic mass is 10.0. The molecule has 0 radical (unpaired) electrons. The Labute approximate surface area is 180 Å². The molecule has 0 unspecified atom stereocenters. The number of halogens is 1. The van der Waals surface area contributed by atoms with Crippen LogP contribution < -0.4 is 10.6 Å². The van der Waals surface area contributed by atoms with Crippen molar-refractivity contribution in [2.75, 3.05) is 5.32 Å². The molecule has 10 heteroatoms. The summed E-state index contributed by atoms with van der Waals surface area (Å²) in [5, 5.41) is 17.2. The summed E-state index contributed by atoms with van der Waals surface area (Å²) < 4.78 is 13.6. The highest BCUT2D eigenvalue weighted by molar-refractivity contribution is 7.18. The lowest BCUT2D eigenvalue weighted by molar-refractivity contribution is -0.118. The first-order valence-corrected chi connectivity index (χ1v) is 10.8. The van der Waals surface area contributed by atoms with Gasteiger partial charge in [0.2, 0.25) is 11.0 Å². The van der Waals surface area contributed by atoms with Crippen LogP contribution in [0.15, 0.2) is 59.7 Å². The van der Waals surface area contributed by atoms with Gasteiger partial charge in [-0.1, -0.05) is 23.5 Å². The van der Waals surface area contributed by atoms with Crippen LogP contribution in [0.2, 0.25) is 0 Å². The summed E-state index contributed by atoms with van der Waals surface area (Å²) in [6.45, 7) is 0.426. The SMILES string of the molecule is O=C(Nc1nnc(-c2ccncc2)s1)[C@H](Cc1cccc(F)c1)NCc1cscn1. The van der Waals surface area contributed by atoms with Crippen molar-refractivity contribution in [1.82, 2.24) is 25.5 Å². The molecule has 0 aliphatic rings. The number of carbonyl (C=O) groups excluding carboxylic acids is 1. The summed E-state index contributed by atoms with van der Waals surface area (Å²) in [5.41, 5.74) is 4.17. The monoisotopic (exact) mass is 440 g/mol. The Balaban J connectivity index is 1.47. The summed E-state index contributed by atoms with van der Waals surface area (Å²) in [5.74, 6) is -0.607. The first kappa shape index (κ1) is 20.2. The van der Waals surface area contributed by atoms with Crippen LogP contribution in [0, 0.1) is 5.82 Å². The predicted octanol–water partition coefficient (Wildman–Crippen LogP) is 3.54. The van der Waals surface area contributed by atoms with Crippen LogP contribution in [0.4, 0.5) is 9.52 Å². The van der Waals surface area contributed by atoms with Gasteiger partial charge in [-0.3, -0.25) is 20.4 Å². The average Bonchev–Trinajstić information content (AvgIpc) is 3.44. The van der Waals surface area contributed by atoms with Crippen LogP contribution in [-0.2, 0) is 17.8 Å². The molecule has 4 rings (SSSR count). The van der Waals surface area contributed by atoms with Gasteiger partial charge in [-0.2, -0.15) is 0 Å². The molecule has 0 saturated carbocycles. The van der Waals surface area contributed by atoms with Crippen molar-refractivity contribution in [2.45, 2.75) is 19.0 Å². The van der Waals surface area contributed by atoms with Gasteiger partial charge in [0, 0.05) is 29.9 Å². The minimum Gasteiger partial charge on any atom is -0.300 e. The van der Waals surface area contributed by atoms with Crippen molar-refractivity contribution in [3.63, 3.8) is 0 Å². The van der Waals surface area contributed by atoms with Gasteiger partial charge in [0.25, 0.3) is 0 Å². The Bertz CT molecular complexity index is 1100. The number of thiazole rings is 1. The molecule has 0 aliphatic carbocycles. The van der Waals surface area contributed by atoms with Crippen LogP contribution in [0.25, 0.3) is 10.6 Å². The Kier molecular flexibility index (Phi) is 6.47. The van der Waals surface area contributed by atoms with Crippen LogP contribution in [0.1, 0.15) is 11.3 Å². The number of nitrogens with zero attached hydrogens (tertiary/aromatic N) is 4. The van der Waals surface area contributed by atoms with Gasteiger partial charge >= 0.3 is 0 Å². The minimum absolute atomic E-state index is 0.271. The largest absolute Gasteiger partial charge is 0.300 e. The third-order valence-electron chi connectivity index (χ3n) is 4.24. The molecular weight excluding hydrogens is 423 g/mol. The van der Waals surface area contributed by atoms with E-state index in [2.05, 4.69) is 30.8 Å². The number of nitrogens with one attached hydrogen (secondary N) is 2. The number of rotatable bonds is 8. The molecule has 0 fully saturated rings. The molecular formula is C20H17FN6OS2. The molecule has 2 N–H and O–H groups in total. The van der Waals surface area contributed by atoms with Crippen LogP contribution >= 0.6 is 22.7 Å². The second kappa shape index (κ2) is 9.61. The summed E-state index contributed by atoms with van der Waals surface area (Å²) in [6, 6.07) is 9.29. The Morgan fingerprint density at radius 2 is 2.03 bits per heavy atom. The zero-order valence-electron chi connectivity index (χ0n) is 15.7. The molecule has 30 heavy (non-hydrogen) atoms.